The zero-order valence-electron chi connectivity index (χ0n) is 19.3. The van der Waals surface area contributed by atoms with Crippen LogP contribution in [-0.4, -0.2) is 53.5 Å². The maximum atomic E-state index is 13.2. The number of nitrogens with zero attached hydrogens (tertiary/aromatic N) is 2. The van der Waals surface area contributed by atoms with Gasteiger partial charge >= 0.3 is 5.97 Å². The van der Waals surface area contributed by atoms with Crippen LogP contribution < -0.4 is 10.7 Å². The Morgan fingerprint density at radius 2 is 1.58 bits per heavy atom. The first-order valence-corrected chi connectivity index (χ1v) is 11.1. The van der Waals surface area contributed by atoms with Gasteiger partial charge in [0.2, 0.25) is 5.43 Å². The molecular formula is C23H35N3O5. The number of nitrogens with one attached hydrogen (secondary N) is 1. The van der Waals surface area contributed by atoms with Crippen molar-refractivity contribution in [2.24, 2.45) is 11.8 Å². The number of amides is 2. The smallest absolute Gasteiger partial charge is 0.328 e. The van der Waals surface area contributed by atoms with E-state index in [2.05, 4.69) is 5.32 Å². The van der Waals surface area contributed by atoms with Crippen LogP contribution in [0.3, 0.4) is 0 Å². The van der Waals surface area contributed by atoms with E-state index in [4.69, 9.17) is 4.74 Å². The number of hydrogen-bond acceptors (Lipinski definition) is 5. The molecular weight excluding hydrogens is 398 g/mol. The van der Waals surface area contributed by atoms with Gasteiger partial charge in [-0.05, 0) is 24.7 Å². The van der Waals surface area contributed by atoms with Crippen molar-refractivity contribution >= 4 is 17.8 Å². The van der Waals surface area contributed by atoms with E-state index in [0.29, 0.717) is 19.6 Å². The molecule has 0 unspecified atom stereocenters. The molecule has 172 valence electrons. The van der Waals surface area contributed by atoms with Crippen molar-refractivity contribution in [3.05, 3.63) is 33.7 Å². The molecule has 2 rings (SSSR count). The van der Waals surface area contributed by atoms with Gasteiger partial charge in [-0.25, -0.2) is 4.79 Å². The summed E-state index contributed by atoms with van der Waals surface area (Å²) in [6, 6.07) is -0.889. The molecule has 1 aromatic heterocycles. The third kappa shape index (κ3) is 6.42. The van der Waals surface area contributed by atoms with E-state index in [9.17, 15) is 19.2 Å². The maximum Gasteiger partial charge on any atom is 0.328 e. The first kappa shape index (κ1) is 24.6. The first-order valence-electron chi connectivity index (χ1n) is 11.1. The largest absolute Gasteiger partial charge is 0.467 e. The minimum atomic E-state index is -0.889. The lowest BCUT2D eigenvalue weighted by Gasteiger charge is -2.22. The van der Waals surface area contributed by atoms with E-state index < -0.39 is 23.3 Å². The summed E-state index contributed by atoms with van der Waals surface area (Å²) in [6.07, 6.45) is 6.95. The highest BCUT2D eigenvalue weighted by molar-refractivity contribution is 6.00. The summed E-state index contributed by atoms with van der Waals surface area (Å²) in [5.74, 6) is -1.58. The third-order valence-corrected chi connectivity index (χ3v) is 5.43. The number of carbonyl (C=O) groups excluding carboxylic acids is 3. The third-order valence-electron chi connectivity index (χ3n) is 5.43. The molecule has 1 aliphatic heterocycles. The Labute approximate surface area is 183 Å². The molecule has 1 fully saturated rings. The molecule has 2 heterocycles. The molecule has 0 saturated carbocycles. The molecule has 1 aromatic rings. The van der Waals surface area contributed by atoms with Gasteiger partial charge in [-0.2, -0.15) is 0 Å². The average molecular weight is 434 g/mol. The number of ether oxygens (including phenoxy) is 1. The molecule has 0 aromatic carbocycles. The average Bonchev–Trinajstić information content (AvgIpc) is 3.00. The van der Waals surface area contributed by atoms with E-state index in [1.807, 2.05) is 13.8 Å². The summed E-state index contributed by atoms with van der Waals surface area (Å²) in [4.78, 5) is 53.1. The van der Waals surface area contributed by atoms with E-state index in [-0.39, 0.29) is 28.9 Å². The van der Waals surface area contributed by atoms with Crippen LogP contribution in [0.4, 0.5) is 0 Å². The number of carbonyl (C=O) groups is 3. The van der Waals surface area contributed by atoms with Gasteiger partial charge in [0.15, 0.2) is 0 Å². The predicted octanol–water partition coefficient (Wildman–Crippen LogP) is 2.45. The lowest BCUT2D eigenvalue weighted by atomic mass is 10.0. The molecule has 8 heteroatoms. The normalized spacial score (nSPS) is 15.5. The van der Waals surface area contributed by atoms with Crippen molar-refractivity contribution in [3.8, 4) is 0 Å². The lowest BCUT2D eigenvalue weighted by molar-refractivity contribution is -0.144. The molecule has 1 atom stereocenters. The minimum Gasteiger partial charge on any atom is -0.467 e. The number of aromatic nitrogens is 1. The number of likely N-dealkylation sites (tertiary alicyclic amines) is 1. The van der Waals surface area contributed by atoms with Gasteiger partial charge < -0.3 is 19.5 Å². The molecule has 31 heavy (non-hydrogen) atoms. The molecule has 0 bridgehead atoms. The first-order chi connectivity index (χ1) is 14.6. The fraction of sp³-hybridized carbons (Fsp3) is 0.652. The zero-order valence-corrected chi connectivity index (χ0v) is 19.3. The second-order valence-corrected chi connectivity index (χ2v) is 8.93. The number of pyridine rings is 1. The van der Waals surface area contributed by atoms with E-state index >= 15 is 0 Å². The summed E-state index contributed by atoms with van der Waals surface area (Å²) in [5, 5.41) is 2.61. The van der Waals surface area contributed by atoms with Crippen LogP contribution >= 0.6 is 0 Å². The molecule has 2 amide bonds. The van der Waals surface area contributed by atoms with Gasteiger partial charge in [0.1, 0.15) is 17.2 Å². The van der Waals surface area contributed by atoms with Crippen LogP contribution in [0.25, 0.3) is 0 Å². The summed E-state index contributed by atoms with van der Waals surface area (Å²) >= 11 is 0. The van der Waals surface area contributed by atoms with Crippen molar-refractivity contribution in [2.75, 3.05) is 20.2 Å². The number of rotatable bonds is 7. The molecule has 0 aliphatic carbocycles. The van der Waals surface area contributed by atoms with E-state index in [1.54, 1.807) is 29.5 Å². The Bertz CT molecular complexity index is 851. The highest BCUT2D eigenvalue weighted by Crippen LogP contribution is 2.13. The Hall–Kier alpha value is -2.64. The number of esters is 1. The van der Waals surface area contributed by atoms with Gasteiger partial charge in [-0.1, -0.05) is 40.5 Å². The standard InChI is InChI=1S/C23H35N3O5/c1-15(2)12-25-13-17(21(28)24-19(16(3)4)23(30)31-5)20(27)18(14-25)22(29)26-10-8-6-7-9-11-26/h13-16,19H,6-12H2,1-5H3,(H,24,28)/t19-/m0/s1. The van der Waals surface area contributed by atoms with E-state index in [0.717, 1.165) is 25.7 Å². The molecule has 1 N–H and O–H groups in total. The summed E-state index contributed by atoms with van der Waals surface area (Å²) in [7, 11) is 1.25. The Balaban J connectivity index is 2.45. The summed E-state index contributed by atoms with van der Waals surface area (Å²) < 4.78 is 6.49. The quantitative estimate of drug-likeness (QED) is 0.666. The fourth-order valence-electron chi connectivity index (χ4n) is 3.76. The Kier molecular flexibility index (Phi) is 8.83. The fourth-order valence-corrected chi connectivity index (χ4v) is 3.76. The lowest BCUT2D eigenvalue weighted by Crippen LogP contribution is -2.47. The summed E-state index contributed by atoms with van der Waals surface area (Å²) in [6.45, 7) is 9.34. The van der Waals surface area contributed by atoms with Gasteiger partial charge in [0.25, 0.3) is 11.8 Å². The Morgan fingerprint density at radius 1 is 1.00 bits per heavy atom. The molecule has 8 nitrogen and oxygen atoms in total. The number of hydrogen-bond donors (Lipinski definition) is 1. The van der Waals surface area contributed by atoms with E-state index in [1.165, 1.54) is 13.3 Å². The van der Waals surface area contributed by atoms with Crippen LogP contribution in [0.15, 0.2) is 17.2 Å². The zero-order chi connectivity index (χ0) is 23.1. The van der Waals surface area contributed by atoms with Gasteiger partial charge in [0.05, 0.1) is 7.11 Å². The van der Waals surface area contributed by atoms with Crippen molar-refractivity contribution in [1.29, 1.82) is 0 Å². The molecule has 0 spiro atoms. The Morgan fingerprint density at radius 3 is 2.10 bits per heavy atom. The molecule has 1 aliphatic rings. The van der Waals surface area contributed by atoms with Crippen LogP contribution in [-0.2, 0) is 16.1 Å². The van der Waals surface area contributed by atoms with Gasteiger partial charge in [-0.15, -0.1) is 0 Å². The van der Waals surface area contributed by atoms with Crippen molar-refractivity contribution in [2.45, 2.75) is 66.0 Å². The minimum absolute atomic E-state index is 0.00522. The van der Waals surface area contributed by atoms with Crippen molar-refractivity contribution < 1.29 is 19.1 Å². The van der Waals surface area contributed by atoms with Crippen molar-refractivity contribution in [3.63, 3.8) is 0 Å². The number of methoxy groups -OCH3 is 1. The van der Waals surface area contributed by atoms with Gasteiger partial charge in [0, 0.05) is 32.0 Å². The van der Waals surface area contributed by atoms with Crippen molar-refractivity contribution in [1.82, 2.24) is 14.8 Å². The predicted molar refractivity (Wildman–Crippen MR) is 118 cm³/mol. The SMILES string of the molecule is COC(=O)[C@@H](NC(=O)c1cn(CC(C)C)cc(C(=O)N2CCCCCC2)c1=O)C(C)C. The maximum absolute atomic E-state index is 13.2. The second-order valence-electron chi connectivity index (χ2n) is 8.93. The highest BCUT2D eigenvalue weighted by atomic mass is 16.5. The highest BCUT2D eigenvalue weighted by Gasteiger charge is 2.29. The molecule has 1 saturated heterocycles. The van der Waals surface area contributed by atoms with Crippen LogP contribution in [0.2, 0.25) is 0 Å². The second kappa shape index (κ2) is 11.1. The van der Waals surface area contributed by atoms with Crippen LogP contribution in [0.1, 0.15) is 74.1 Å². The summed E-state index contributed by atoms with van der Waals surface area (Å²) in [5.41, 5.74) is -0.760. The van der Waals surface area contributed by atoms with Crippen LogP contribution in [0, 0.1) is 11.8 Å². The topological polar surface area (TPSA) is 97.7 Å². The molecule has 0 radical (unpaired) electrons. The van der Waals surface area contributed by atoms with Gasteiger partial charge in [-0.3, -0.25) is 14.4 Å². The van der Waals surface area contributed by atoms with Crippen LogP contribution in [0.5, 0.6) is 0 Å². The monoisotopic (exact) mass is 433 g/mol.